The summed E-state index contributed by atoms with van der Waals surface area (Å²) in [6.07, 6.45) is 5.74. The molecule has 0 aliphatic carbocycles. The number of rotatable bonds is 4. The van der Waals surface area contributed by atoms with Gasteiger partial charge in [-0.3, -0.25) is 14.7 Å². The first-order chi connectivity index (χ1) is 12.8. The lowest BCUT2D eigenvalue weighted by atomic mass is 10.0. The van der Waals surface area contributed by atoms with Crippen molar-refractivity contribution in [2.45, 2.75) is 25.4 Å². The lowest BCUT2D eigenvalue weighted by molar-refractivity contribution is 0.0890. The molecule has 0 radical (unpaired) electrons. The van der Waals surface area contributed by atoms with E-state index in [1.54, 1.807) is 12.3 Å². The predicted octanol–water partition coefficient (Wildman–Crippen LogP) is 2.25. The predicted molar refractivity (Wildman–Crippen MR) is 97.4 cm³/mol. The van der Waals surface area contributed by atoms with Gasteiger partial charge in [0, 0.05) is 31.5 Å². The maximum Gasteiger partial charge on any atom is 0.255 e. The first-order valence-electron chi connectivity index (χ1n) is 9.10. The quantitative estimate of drug-likeness (QED) is 0.913. The summed E-state index contributed by atoms with van der Waals surface area (Å²) in [4.78, 5) is 19.3. The van der Waals surface area contributed by atoms with E-state index >= 15 is 0 Å². The smallest absolute Gasteiger partial charge is 0.255 e. The van der Waals surface area contributed by atoms with Crippen LogP contribution in [0.25, 0.3) is 0 Å². The van der Waals surface area contributed by atoms with Crippen LogP contribution in [0.2, 0.25) is 0 Å². The van der Waals surface area contributed by atoms with Gasteiger partial charge in [0.1, 0.15) is 13.2 Å². The number of hydrogen-bond acceptors (Lipinski definition) is 5. The molecule has 1 amide bonds. The lowest BCUT2D eigenvalue weighted by Crippen LogP contribution is -2.47. The van der Waals surface area contributed by atoms with Gasteiger partial charge in [0.05, 0.1) is 5.56 Å². The van der Waals surface area contributed by atoms with Crippen molar-refractivity contribution in [1.82, 2.24) is 15.2 Å². The molecule has 0 unspecified atom stereocenters. The number of nitrogens with one attached hydrogen (secondary N) is 1. The first kappa shape index (κ1) is 16.8. The van der Waals surface area contributed by atoms with Crippen LogP contribution < -0.4 is 14.8 Å². The van der Waals surface area contributed by atoms with Crippen LogP contribution in [0.3, 0.4) is 0 Å². The van der Waals surface area contributed by atoms with Crippen LogP contribution in [-0.4, -0.2) is 48.1 Å². The summed E-state index contributed by atoms with van der Waals surface area (Å²) >= 11 is 0. The molecular weight excluding hydrogens is 330 g/mol. The Morgan fingerprint density at radius 2 is 2.15 bits per heavy atom. The van der Waals surface area contributed by atoms with Crippen molar-refractivity contribution in [3.05, 3.63) is 53.9 Å². The van der Waals surface area contributed by atoms with Crippen LogP contribution >= 0.6 is 0 Å². The van der Waals surface area contributed by atoms with E-state index in [1.807, 2.05) is 24.4 Å². The van der Waals surface area contributed by atoms with E-state index in [2.05, 4.69) is 21.3 Å². The average molecular weight is 353 g/mol. The molecule has 0 saturated carbocycles. The van der Waals surface area contributed by atoms with Gasteiger partial charge >= 0.3 is 0 Å². The van der Waals surface area contributed by atoms with E-state index in [0.717, 1.165) is 32.5 Å². The molecule has 2 aliphatic rings. The Morgan fingerprint density at radius 3 is 3.04 bits per heavy atom. The number of piperidine rings is 1. The molecule has 1 aromatic heterocycles. The number of hydrogen-bond donors (Lipinski definition) is 1. The molecule has 1 aromatic carbocycles. The van der Waals surface area contributed by atoms with Crippen LogP contribution in [0.4, 0.5) is 0 Å². The van der Waals surface area contributed by atoms with Crippen LogP contribution in [0.5, 0.6) is 11.5 Å². The highest BCUT2D eigenvalue weighted by Crippen LogP contribution is 2.33. The molecule has 4 rings (SSSR count). The van der Waals surface area contributed by atoms with Crippen molar-refractivity contribution in [2.24, 2.45) is 0 Å². The zero-order chi connectivity index (χ0) is 17.8. The zero-order valence-corrected chi connectivity index (χ0v) is 14.7. The molecule has 6 heteroatoms. The number of pyridine rings is 1. The average Bonchev–Trinajstić information content (AvgIpc) is 2.68. The largest absolute Gasteiger partial charge is 0.486 e. The molecule has 1 fully saturated rings. The van der Waals surface area contributed by atoms with Gasteiger partial charge in [-0.25, -0.2) is 0 Å². The van der Waals surface area contributed by atoms with Gasteiger partial charge in [0.15, 0.2) is 11.5 Å². The number of benzene rings is 1. The summed E-state index contributed by atoms with van der Waals surface area (Å²) in [6, 6.07) is 9.63. The molecule has 3 heterocycles. The van der Waals surface area contributed by atoms with Gasteiger partial charge in [-0.2, -0.15) is 0 Å². The SMILES string of the molecule is O=C(N[C@H]1CCCN(Cc2cccnc2)C1)c1cccc2c1OCCO2. The maximum atomic E-state index is 12.8. The van der Waals surface area contributed by atoms with E-state index in [9.17, 15) is 4.79 Å². The van der Waals surface area contributed by atoms with Crippen molar-refractivity contribution >= 4 is 5.91 Å². The Bertz CT molecular complexity index is 766. The standard InChI is InChI=1S/C20H23N3O3/c24-20(17-6-1-7-18-19(17)26-11-10-25-18)22-16-5-3-9-23(14-16)13-15-4-2-8-21-12-15/h1-2,4,6-8,12,16H,3,5,9-11,13-14H2,(H,22,24)/t16-/m0/s1. The van der Waals surface area contributed by atoms with Crippen LogP contribution in [-0.2, 0) is 6.54 Å². The minimum Gasteiger partial charge on any atom is -0.486 e. The van der Waals surface area contributed by atoms with E-state index in [4.69, 9.17) is 9.47 Å². The van der Waals surface area contributed by atoms with Crippen LogP contribution in [0.1, 0.15) is 28.8 Å². The van der Waals surface area contributed by atoms with Crippen molar-refractivity contribution in [3.8, 4) is 11.5 Å². The third-order valence-electron chi connectivity index (χ3n) is 4.78. The van der Waals surface area contributed by atoms with E-state index in [0.29, 0.717) is 30.3 Å². The fourth-order valence-electron chi connectivity index (χ4n) is 3.58. The summed E-state index contributed by atoms with van der Waals surface area (Å²) in [7, 11) is 0. The van der Waals surface area contributed by atoms with E-state index in [1.165, 1.54) is 5.56 Å². The second-order valence-corrected chi connectivity index (χ2v) is 6.74. The summed E-state index contributed by atoms with van der Waals surface area (Å²) in [5.41, 5.74) is 1.74. The summed E-state index contributed by atoms with van der Waals surface area (Å²) in [5, 5.41) is 3.17. The molecule has 136 valence electrons. The fraction of sp³-hybridized carbons (Fsp3) is 0.400. The molecule has 1 atom stereocenters. The maximum absolute atomic E-state index is 12.8. The molecule has 2 aliphatic heterocycles. The van der Waals surface area contributed by atoms with E-state index < -0.39 is 0 Å². The third-order valence-corrected chi connectivity index (χ3v) is 4.78. The van der Waals surface area contributed by atoms with Crippen molar-refractivity contribution in [2.75, 3.05) is 26.3 Å². The molecule has 0 bridgehead atoms. The highest BCUT2D eigenvalue weighted by Gasteiger charge is 2.25. The van der Waals surface area contributed by atoms with E-state index in [-0.39, 0.29) is 11.9 Å². The van der Waals surface area contributed by atoms with Crippen molar-refractivity contribution < 1.29 is 14.3 Å². The number of ether oxygens (including phenoxy) is 2. The fourth-order valence-corrected chi connectivity index (χ4v) is 3.58. The summed E-state index contributed by atoms with van der Waals surface area (Å²) in [6.45, 7) is 3.73. The number of carbonyl (C=O) groups is 1. The number of fused-ring (bicyclic) bond motifs is 1. The summed E-state index contributed by atoms with van der Waals surface area (Å²) in [5.74, 6) is 1.10. The Morgan fingerprint density at radius 1 is 1.23 bits per heavy atom. The number of amides is 1. The second-order valence-electron chi connectivity index (χ2n) is 6.74. The second kappa shape index (κ2) is 7.74. The minimum absolute atomic E-state index is 0.0967. The Balaban J connectivity index is 1.40. The van der Waals surface area contributed by atoms with Crippen LogP contribution in [0.15, 0.2) is 42.7 Å². The monoisotopic (exact) mass is 353 g/mol. The highest BCUT2D eigenvalue weighted by atomic mass is 16.6. The van der Waals surface area contributed by atoms with Gasteiger partial charge in [0.25, 0.3) is 5.91 Å². The summed E-state index contributed by atoms with van der Waals surface area (Å²) < 4.78 is 11.2. The molecule has 1 saturated heterocycles. The number of nitrogens with zero attached hydrogens (tertiary/aromatic N) is 2. The Hall–Kier alpha value is -2.60. The van der Waals surface area contributed by atoms with Gasteiger partial charge in [-0.1, -0.05) is 12.1 Å². The van der Waals surface area contributed by atoms with Gasteiger partial charge in [-0.15, -0.1) is 0 Å². The van der Waals surface area contributed by atoms with Crippen molar-refractivity contribution in [1.29, 1.82) is 0 Å². The minimum atomic E-state index is -0.0967. The number of aromatic nitrogens is 1. The first-order valence-corrected chi connectivity index (χ1v) is 9.10. The molecule has 0 spiro atoms. The molecule has 6 nitrogen and oxygen atoms in total. The highest BCUT2D eigenvalue weighted by molar-refractivity contribution is 5.98. The Labute approximate surface area is 153 Å². The number of carbonyl (C=O) groups excluding carboxylic acids is 1. The topological polar surface area (TPSA) is 63.7 Å². The molecular formula is C20H23N3O3. The Kier molecular flexibility index (Phi) is 5.02. The number of para-hydroxylation sites is 1. The third kappa shape index (κ3) is 3.80. The zero-order valence-electron chi connectivity index (χ0n) is 14.7. The van der Waals surface area contributed by atoms with Gasteiger partial charge in [-0.05, 0) is 43.1 Å². The van der Waals surface area contributed by atoms with Gasteiger partial charge < -0.3 is 14.8 Å². The molecule has 1 N–H and O–H groups in total. The van der Waals surface area contributed by atoms with Crippen molar-refractivity contribution in [3.63, 3.8) is 0 Å². The molecule has 2 aromatic rings. The van der Waals surface area contributed by atoms with Gasteiger partial charge in [0.2, 0.25) is 0 Å². The lowest BCUT2D eigenvalue weighted by Gasteiger charge is -2.33. The van der Waals surface area contributed by atoms with Crippen LogP contribution in [0, 0.1) is 0 Å². The molecule has 26 heavy (non-hydrogen) atoms. The normalized spacial score (nSPS) is 19.8. The number of likely N-dealkylation sites (tertiary alicyclic amines) is 1.